The fraction of sp³-hybridized carbons (Fsp3) is 0.194. The normalized spacial score (nSPS) is 16.5. The number of rotatable bonds is 7. The van der Waals surface area contributed by atoms with E-state index in [4.69, 9.17) is 4.74 Å². The number of carbonyl (C=O) groups is 1. The standard InChI is InChI=1S/C31H29NO2/c33-30-19-20-32(22-24-11-10-18-28(21-24)34-27-16-8-3-9-17-27)23-29(30)31(25-12-4-1-5-13-25)26-14-6-2-7-15-26/h1-18,21,29,31H,19-20,22-23H2. The number of hydrogen-bond acceptors (Lipinski definition) is 3. The topological polar surface area (TPSA) is 29.5 Å². The van der Waals surface area contributed by atoms with Crippen LogP contribution in [0.5, 0.6) is 11.5 Å². The van der Waals surface area contributed by atoms with Gasteiger partial charge < -0.3 is 4.74 Å². The van der Waals surface area contributed by atoms with E-state index >= 15 is 0 Å². The third kappa shape index (κ3) is 5.27. The number of para-hydroxylation sites is 1. The van der Waals surface area contributed by atoms with Crippen molar-refractivity contribution in [2.75, 3.05) is 13.1 Å². The summed E-state index contributed by atoms with van der Waals surface area (Å²) in [5.41, 5.74) is 3.59. The molecule has 3 heteroatoms. The monoisotopic (exact) mass is 447 g/mol. The molecule has 0 aliphatic carbocycles. The van der Waals surface area contributed by atoms with Crippen molar-refractivity contribution in [2.45, 2.75) is 18.9 Å². The van der Waals surface area contributed by atoms with Gasteiger partial charge in [0.1, 0.15) is 17.3 Å². The molecule has 1 atom stereocenters. The molecule has 0 N–H and O–H groups in total. The maximum atomic E-state index is 13.2. The van der Waals surface area contributed by atoms with Gasteiger partial charge in [-0.15, -0.1) is 0 Å². The van der Waals surface area contributed by atoms with Crippen LogP contribution in [-0.4, -0.2) is 23.8 Å². The van der Waals surface area contributed by atoms with E-state index in [1.807, 2.05) is 54.6 Å². The summed E-state index contributed by atoms with van der Waals surface area (Å²) in [6.45, 7) is 2.33. The number of hydrogen-bond donors (Lipinski definition) is 0. The molecule has 5 rings (SSSR count). The van der Waals surface area contributed by atoms with Crippen molar-refractivity contribution < 1.29 is 9.53 Å². The van der Waals surface area contributed by atoms with E-state index in [9.17, 15) is 4.79 Å². The predicted molar refractivity (Wildman–Crippen MR) is 136 cm³/mol. The van der Waals surface area contributed by atoms with E-state index in [0.717, 1.165) is 31.1 Å². The van der Waals surface area contributed by atoms with Gasteiger partial charge >= 0.3 is 0 Å². The predicted octanol–water partition coefficient (Wildman–Crippen LogP) is 6.70. The molecule has 3 nitrogen and oxygen atoms in total. The zero-order valence-corrected chi connectivity index (χ0v) is 19.2. The zero-order valence-electron chi connectivity index (χ0n) is 19.2. The number of ketones is 1. The van der Waals surface area contributed by atoms with Crippen LogP contribution in [0.1, 0.15) is 29.0 Å². The van der Waals surface area contributed by atoms with Crippen LogP contribution in [0.2, 0.25) is 0 Å². The molecule has 0 bridgehead atoms. The van der Waals surface area contributed by atoms with Gasteiger partial charge in [0.25, 0.3) is 0 Å². The maximum absolute atomic E-state index is 13.2. The zero-order chi connectivity index (χ0) is 23.2. The summed E-state index contributed by atoms with van der Waals surface area (Å²) in [5.74, 6) is 2.01. The van der Waals surface area contributed by atoms with Crippen LogP contribution in [0.15, 0.2) is 115 Å². The fourth-order valence-corrected chi connectivity index (χ4v) is 4.93. The van der Waals surface area contributed by atoms with Gasteiger partial charge in [0, 0.05) is 37.9 Å². The summed E-state index contributed by atoms with van der Waals surface area (Å²) >= 11 is 0. The quantitative estimate of drug-likeness (QED) is 0.316. The van der Waals surface area contributed by atoms with Crippen molar-refractivity contribution in [2.24, 2.45) is 5.92 Å². The summed E-state index contributed by atoms with van der Waals surface area (Å²) in [6.07, 6.45) is 0.584. The van der Waals surface area contributed by atoms with Crippen LogP contribution in [0.25, 0.3) is 0 Å². The number of benzene rings is 4. The number of likely N-dealkylation sites (tertiary alicyclic amines) is 1. The van der Waals surface area contributed by atoms with Crippen molar-refractivity contribution in [3.63, 3.8) is 0 Å². The van der Waals surface area contributed by atoms with Gasteiger partial charge in [0.15, 0.2) is 0 Å². The highest BCUT2D eigenvalue weighted by molar-refractivity contribution is 5.83. The average Bonchev–Trinajstić information content (AvgIpc) is 2.88. The lowest BCUT2D eigenvalue weighted by atomic mass is 9.76. The first kappa shape index (κ1) is 22.1. The Morgan fingerprint density at radius 1 is 0.735 bits per heavy atom. The second-order valence-corrected chi connectivity index (χ2v) is 8.92. The summed E-state index contributed by atoms with van der Waals surface area (Å²) in [6, 6.07) is 39.0. The largest absolute Gasteiger partial charge is 0.457 e. The van der Waals surface area contributed by atoms with Gasteiger partial charge in [-0.3, -0.25) is 9.69 Å². The molecule has 170 valence electrons. The smallest absolute Gasteiger partial charge is 0.139 e. The van der Waals surface area contributed by atoms with E-state index in [1.165, 1.54) is 16.7 Å². The molecule has 0 radical (unpaired) electrons. The Morgan fingerprint density at radius 3 is 1.97 bits per heavy atom. The van der Waals surface area contributed by atoms with Gasteiger partial charge in [-0.05, 0) is 41.0 Å². The Balaban J connectivity index is 1.35. The van der Waals surface area contributed by atoms with Gasteiger partial charge in [-0.2, -0.15) is 0 Å². The first-order chi connectivity index (χ1) is 16.8. The number of piperidine rings is 1. The molecule has 1 saturated heterocycles. The van der Waals surface area contributed by atoms with Crippen molar-refractivity contribution in [1.29, 1.82) is 0 Å². The third-order valence-corrected chi connectivity index (χ3v) is 6.55. The SMILES string of the molecule is O=C1CCN(Cc2cccc(Oc3ccccc3)c2)CC1C(c1ccccc1)c1ccccc1. The van der Waals surface area contributed by atoms with Crippen molar-refractivity contribution in [1.82, 2.24) is 4.90 Å². The lowest BCUT2D eigenvalue weighted by Crippen LogP contribution is -2.43. The molecule has 4 aromatic carbocycles. The van der Waals surface area contributed by atoms with Crippen molar-refractivity contribution in [3.05, 3.63) is 132 Å². The molecule has 1 unspecified atom stereocenters. The average molecular weight is 448 g/mol. The lowest BCUT2D eigenvalue weighted by Gasteiger charge is -2.36. The Morgan fingerprint density at radius 2 is 1.32 bits per heavy atom. The van der Waals surface area contributed by atoms with Gasteiger partial charge in [0.2, 0.25) is 0 Å². The molecular weight excluding hydrogens is 418 g/mol. The molecular formula is C31H29NO2. The molecule has 1 fully saturated rings. The Hall–Kier alpha value is -3.69. The van der Waals surface area contributed by atoms with E-state index in [2.05, 4.69) is 65.6 Å². The van der Waals surface area contributed by atoms with E-state index in [-0.39, 0.29) is 11.8 Å². The second-order valence-electron chi connectivity index (χ2n) is 8.92. The maximum Gasteiger partial charge on any atom is 0.139 e. The molecule has 0 aromatic heterocycles. The molecule has 4 aromatic rings. The molecule has 1 aliphatic rings. The van der Waals surface area contributed by atoms with Crippen LogP contribution in [0, 0.1) is 5.92 Å². The van der Waals surface area contributed by atoms with E-state index in [1.54, 1.807) is 0 Å². The highest BCUT2D eigenvalue weighted by Gasteiger charge is 2.35. The molecule has 0 spiro atoms. The first-order valence-corrected chi connectivity index (χ1v) is 11.9. The minimum absolute atomic E-state index is 0.0606. The molecule has 1 heterocycles. The minimum atomic E-state index is -0.0673. The van der Waals surface area contributed by atoms with E-state index in [0.29, 0.717) is 12.2 Å². The Kier molecular flexibility index (Phi) is 6.83. The van der Waals surface area contributed by atoms with Crippen LogP contribution in [-0.2, 0) is 11.3 Å². The van der Waals surface area contributed by atoms with Crippen LogP contribution in [0.3, 0.4) is 0 Å². The lowest BCUT2D eigenvalue weighted by molar-refractivity contribution is -0.126. The van der Waals surface area contributed by atoms with Crippen molar-refractivity contribution >= 4 is 5.78 Å². The molecule has 0 saturated carbocycles. The van der Waals surface area contributed by atoms with E-state index < -0.39 is 0 Å². The van der Waals surface area contributed by atoms with Crippen LogP contribution >= 0.6 is 0 Å². The van der Waals surface area contributed by atoms with Crippen LogP contribution < -0.4 is 4.74 Å². The van der Waals surface area contributed by atoms with Gasteiger partial charge in [0.05, 0.1) is 0 Å². The van der Waals surface area contributed by atoms with Crippen molar-refractivity contribution in [3.8, 4) is 11.5 Å². The van der Waals surface area contributed by atoms with Crippen LogP contribution in [0.4, 0.5) is 0 Å². The Labute approximate surface area is 201 Å². The minimum Gasteiger partial charge on any atom is -0.457 e. The Bertz CT molecular complexity index is 1170. The number of ether oxygens (including phenoxy) is 1. The fourth-order valence-electron chi connectivity index (χ4n) is 4.93. The summed E-state index contributed by atoms with van der Waals surface area (Å²) in [5, 5.41) is 0. The molecule has 34 heavy (non-hydrogen) atoms. The number of nitrogens with zero attached hydrogens (tertiary/aromatic N) is 1. The summed E-state index contributed by atoms with van der Waals surface area (Å²) < 4.78 is 6.03. The highest BCUT2D eigenvalue weighted by Crippen LogP contribution is 2.36. The van der Waals surface area contributed by atoms with Gasteiger partial charge in [-0.1, -0.05) is 91.0 Å². The summed E-state index contributed by atoms with van der Waals surface area (Å²) in [7, 11) is 0. The molecule has 1 aliphatic heterocycles. The number of Topliss-reactive ketones (excluding diaryl/α,β-unsaturated/α-hetero) is 1. The number of carbonyl (C=O) groups excluding carboxylic acids is 1. The summed E-state index contributed by atoms with van der Waals surface area (Å²) in [4.78, 5) is 15.6. The molecule has 0 amide bonds. The second kappa shape index (κ2) is 10.5. The first-order valence-electron chi connectivity index (χ1n) is 11.9. The third-order valence-electron chi connectivity index (χ3n) is 6.55. The van der Waals surface area contributed by atoms with Gasteiger partial charge in [-0.25, -0.2) is 0 Å². The highest BCUT2D eigenvalue weighted by atomic mass is 16.5.